The van der Waals surface area contributed by atoms with Gasteiger partial charge in [0, 0.05) is 25.3 Å². The van der Waals surface area contributed by atoms with Gasteiger partial charge >= 0.3 is 5.97 Å². The van der Waals surface area contributed by atoms with Gasteiger partial charge in [-0.1, -0.05) is 18.2 Å². The highest BCUT2D eigenvalue weighted by molar-refractivity contribution is 5.99. The third-order valence-corrected chi connectivity index (χ3v) is 5.42. The fraction of sp³-hybridized carbons (Fsp3) is 0.500. The number of nitrogens with zero attached hydrogens (tertiary/aromatic N) is 1. The number of ether oxygens (including phenoxy) is 1. The van der Waals surface area contributed by atoms with Crippen LogP contribution in [0.1, 0.15) is 30.7 Å². The number of carbonyl (C=O) groups is 2. The summed E-state index contributed by atoms with van der Waals surface area (Å²) < 4.78 is 6.24. The van der Waals surface area contributed by atoms with E-state index in [9.17, 15) is 14.7 Å². The molecule has 1 aliphatic carbocycles. The van der Waals surface area contributed by atoms with Gasteiger partial charge in [-0.25, -0.2) is 0 Å². The first-order valence-corrected chi connectivity index (χ1v) is 7.35. The number of aliphatic carboxylic acids is 1. The van der Waals surface area contributed by atoms with E-state index in [2.05, 4.69) is 0 Å². The monoisotopic (exact) mass is 287 g/mol. The van der Waals surface area contributed by atoms with Crippen LogP contribution in [0.3, 0.4) is 0 Å². The molecule has 1 aromatic carbocycles. The van der Waals surface area contributed by atoms with Crippen LogP contribution in [0.2, 0.25) is 0 Å². The molecule has 0 unspecified atom stereocenters. The highest BCUT2D eigenvalue weighted by Crippen LogP contribution is 2.59. The molecule has 1 saturated heterocycles. The molecule has 110 valence electrons. The Labute approximate surface area is 122 Å². The molecule has 5 nitrogen and oxygen atoms in total. The van der Waals surface area contributed by atoms with Gasteiger partial charge in [0.1, 0.15) is 11.7 Å². The van der Waals surface area contributed by atoms with Gasteiger partial charge in [-0.3, -0.25) is 9.59 Å². The quantitative estimate of drug-likeness (QED) is 0.800. The van der Waals surface area contributed by atoms with E-state index in [0.29, 0.717) is 0 Å². The summed E-state index contributed by atoms with van der Waals surface area (Å²) in [5, 5.41) is 9.59. The van der Waals surface area contributed by atoms with Crippen LogP contribution in [0.4, 0.5) is 0 Å². The molecule has 2 heterocycles. The molecular weight excluding hydrogens is 270 g/mol. The highest BCUT2D eigenvalue weighted by Gasteiger charge is 2.64. The lowest BCUT2D eigenvalue weighted by Crippen LogP contribution is -2.66. The molecule has 2 fully saturated rings. The van der Waals surface area contributed by atoms with Crippen LogP contribution in [0.15, 0.2) is 24.3 Å². The van der Waals surface area contributed by atoms with Crippen molar-refractivity contribution < 1.29 is 19.4 Å². The van der Waals surface area contributed by atoms with Crippen molar-refractivity contribution in [3.8, 4) is 5.75 Å². The van der Waals surface area contributed by atoms with E-state index in [4.69, 9.17) is 4.74 Å². The Morgan fingerprint density at radius 1 is 1.43 bits per heavy atom. The van der Waals surface area contributed by atoms with Gasteiger partial charge in [-0.05, 0) is 24.5 Å². The van der Waals surface area contributed by atoms with Gasteiger partial charge in [-0.2, -0.15) is 0 Å². The summed E-state index contributed by atoms with van der Waals surface area (Å²) in [4.78, 5) is 25.9. The number of carboxylic acids is 1. The lowest BCUT2D eigenvalue weighted by molar-refractivity contribution is -0.189. The largest absolute Gasteiger partial charge is 0.481 e. The van der Waals surface area contributed by atoms with Crippen LogP contribution in [-0.4, -0.2) is 34.7 Å². The summed E-state index contributed by atoms with van der Waals surface area (Å²) in [5.74, 6) is -1.86. The zero-order valence-electron chi connectivity index (χ0n) is 11.8. The molecule has 1 aromatic rings. The van der Waals surface area contributed by atoms with Gasteiger partial charge < -0.3 is 14.7 Å². The summed E-state index contributed by atoms with van der Waals surface area (Å²) in [6.07, 6.45) is 2.64. The van der Waals surface area contributed by atoms with Crippen molar-refractivity contribution in [1.82, 2.24) is 4.90 Å². The van der Waals surface area contributed by atoms with Gasteiger partial charge in [0.15, 0.2) is 5.72 Å². The second kappa shape index (κ2) is 4.00. The van der Waals surface area contributed by atoms with Gasteiger partial charge in [0.05, 0.1) is 0 Å². The Bertz CT molecular complexity index is 643. The molecular formula is C16H17NO4. The van der Waals surface area contributed by atoms with Crippen molar-refractivity contribution in [3.05, 3.63) is 29.8 Å². The number of likely N-dealkylation sites (tertiary alicyclic amines) is 1. The Hall–Kier alpha value is -2.04. The maximum Gasteiger partial charge on any atom is 0.316 e. The Balaban J connectivity index is 1.97. The van der Waals surface area contributed by atoms with E-state index >= 15 is 0 Å². The first-order valence-electron chi connectivity index (χ1n) is 7.35. The highest BCUT2D eigenvalue weighted by atomic mass is 16.5. The molecule has 1 amide bonds. The maximum absolute atomic E-state index is 12.6. The average Bonchev–Trinajstić information content (AvgIpc) is 2.89. The van der Waals surface area contributed by atoms with Gasteiger partial charge in [0.2, 0.25) is 5.91 Å². The summed E-state index contributed by atoms with van der Waals surface area (Å²) in [7, 11) is 1.68. The molecule has 1 N–H and O–H groups in total. The average molecular weight is 287 g/mol. The molecule has 0 aromatic heterocycles. The smallest absolute Gasteiger partial charge is 0.316 e. The minimum atomic E-state index is -1.03. The van der Waals surface area contributed by atoms with Crippen LogP contribution in [0, 0.1) is 11.8 Å². The van der Waals surface area contributed by atoms with Gasteiger partial charge in [-0.15, -0.1) is 0 Å². The lowest BCUT2D eigenvalue weighted by atomic mass is 9.67. The molecule has 4 atom stereocenters. The summed E-state index contributed by atoms with van der Waals surface area (Å²) in [6, 6.07) is 7.54. The molecule has 5 heteroatoms. The number of hydrogen-bond donors (Lipinski definition) is 1. The number of para-hydroxylation sites is 1. The van der Waals surface area contributed by atoms with E-state index < -0.39 is 17.6 Å². The topological polar surface area (TPSA) is 66.8 Å². The SMILES string of the molecule is CN1C(=O)[C@@H](C(=O)O)[C@H]2c3ccccc3O[C@@]13CCC[C@H]23. The van der Waals surface area contributed by atoms with E-state index in [1.54, 1.807) is 11.9 Å². The minimum absolute atomic E-state index is 0.0659. The summed E-state index contributed by atoms with van der Waals surface area (Å²) >= 11 is 0. The Kier molecular flexibility index (Phi) is 2.41. The third-order valence-electron chi connectivity index (χ3n) is 5.42. The van der Waals surface area contributed by atoms with Crippen molar-refractivity contribution in [2.24, 2.45) is 11.8 Å². The molecule has 2 aliphatic heterocycles. The van der Waals surface area contributed by atoms with E-state index in [1.165, 1.54) is 0 Å². The second-order valence-electron chi connectivity index (χ2n) is 6.22. The van der Waals surface area contributed by atoms with Crippen LogP contribution in [0.5, 0.6) is 5.75 Å². The first kappa shape index (κ1) is 12.7. The summed E-state index contributed by atoms with van der Waals surface area (Å²) in [5.41, 5.74) is 0.219. The first-order chi connectivity index (χ1) is 10.1. The number of piperidine rings is 1. The maximum atomic E-state index is 12.6. The number of hydrogen-bond acceptors (Lipinski definition) is 3. The zero-order valence-corrected chi connectivity index (χ0v) is 11.8. The van der Waals surface area contributed by atoms with Gasteiger partial charge in [0.25, 0.3) is 0 Å². The predicted molar refractivity (Wildman–Crippen MR) is 73.8 cm³/mol. The Morgan fingerprint density at radius 3 is 2.95 bits per heavy atom. The normalized spacial score (nSPS) is 36.7. The third kappa shape index (κ3) is 1.41. The number of carboxylic acid groups (broad SMARTS) is 1. The fourth-order valence-electron chi connectivity index (χ4n) is 4.53. The lowest BCUT2D eigenvalue weighted by Gasteiger charge is -2.55. The number of amides is 1. The van der Waals surface area contributed by atoms with Crippen molar-refractivity contribution >= 4 is 11.9 Å². The number of benzene rings is 1. The summed E-state index contributed by atoms with van der Waals surface area (Å²) in [6.45, 7) is 0. The van der Waals surface area contributed by atoms with Crippen LogP contribution in [-0.2, 0) is 9.59 Å². The standard InChI is InChI=1S/C16H17NO4/c1-17-14(18)13(15(19)20)12-9-5-2-3-7-11(9)21-16(17)8-4-6-10(12)16/h2-3,5,7,10,12-13H,4,6,8H2,1H3,(H,19,20)/t10-,12+,13+,16-/m1/s1. The molecule has 4 rings (SSSR count). The number of carbonyl (C=O) groups excluding carboxylic acids is 1. The zero-order chi connectivity index (χ0) is 14.8. The molecule has 2 bridgehead atoms. The predicted octanol–water partition coefficient (Wildman–Crippen LogP) is 1.83. The van der Waals surface area contributed by atoms with Crippen LogP contribution < -0.4 is 4.74 Å². The van der Waals surface area contributed by atoms with Crippen molar-refractivity contribution in [3.63, 3.8) is 0 Å². The van der Waals surface area contributed by atoms with Crippen LogP contribution >= 0.6 is 0 Å². The Morgan fingerprint density at radius 2 is 2.19 bits per heavy atom. The molecule has 3 aliphatic rings. The molecule has 0 radical (unpaired) electrons. The van der Waals surface area contributed by atoms with Crippen LogP contribution in [0.25, 0.3) is 0 Å². The second-order valence-corrected chi connectivity index (χ2v) is 6.22. The van der Waals surface area contributed by atoms with E-state index in [1.807, 2.05) is 24.3 Å². The van der Waals surface area contributed by atoms with Crippen molar-refractivity contribution in [2.75, 3.05) is 7.05 Å². The van der Waals surface area contributed by atoms with E-state index in [-0.39, 0.29) is 17.7 Å². The molecule has 0 spiro atoms. The minimum Gasteiger partial charge on any atom is -0.481 e. The van der Waals surface area contributed by atoms with Crippen molar-refractivity contribution in [1.29, 1.82) is 0 Å². The van der Waals surface area contributed by atoms with E-state index in [0.717, 1.165) is 30.6 Å². The van der Waals surface area contributed by atoms with Crippen molar-refractivity contribution in [2.45, 2.75) is 30.9 Å². The molecule has 21 heavy (non-hydrogen) atoms. The number of fused-ring (bicyclic) bond motifs is 2. The number of rotatable bonds is 1. The fourth-order valence-corrected chi connectivity index (χ4v) is 4.53. The molecule has 1 saturated carbocycles.